The first-order valence-electron chi connectivity index (χ1n) is 3.32. The fraction of sp³-hybridized carbons (Fsp3) is 0.143. The molecule has 0 amide bonds. The maximum atomic E-state index is 9.13. The summed E-state index contributed by atoms with van der Waals surface area (Å²) in [5.41, 5.74) is 1.70. The molecular formula is C7H7N3O. The summed E-state index contributed by atoms with van der Waals surface area (Å²) in [6.45, 7) is 0.549. The average molecular weight is 149 g/mol. The molecule has 0 radical (unpaired) electrons. The molecule has 0 fully saturated rings. The van der Waals surface area contributed by atoms with Gasteiger partial charge in [0.2, 0.25) is 0 Å². The molecule has 0 saturated carbocycles. The van der Waals surface area contributed by atoms with Gasteiger partial charge < -0.3 is 0 Å². The molecule has 4 heteroatoms. The zero-order valence-corrected chi connectivity index (χ0v) is 5.81. The Kier molecular flexibility index (Phi) is 1.33. The van der Waals surface area contributed by atoms with E-state index in [0.717, 1.165) is 10.7 Å². The van der Waals surface area contributed by atoms with Gasteiger partial charge in [-0.1, -0.05) is 18.2 Å². The van der Waals surface area contributed by atoms with Crippen LogP contribution in [0.4, 0.5) is 5.69 Å². The Morgan fingerprint density at radius 3 is 3.00 bits per heavy atom. The van der Waals surface area contributed by atoms with Crippen molar-refractivity contribution >= 4 is 5.69 Å². The number of fused-ring (bicyclic) bond motifs is 1. The maximum absolute atomic E-state index is 9.13. The van der Waals surface area contributed by atoms with Crippen molar-refractivity contribution in [2.75, 3.05) is 5.17 Å². The molecule has 0 bridgehead atoms. The smallest absolute Gasteiger partial charge is 0.0968 e. The molecule has 4 nitrogen and oxygen atoms in total. The normalized spacial score (nSPS) is 14.8. The molecule has 2 rings (SSSR count). The lowest BCUT2D eigenvalue weighted by molar-refractivity contribution is 0.244. The van der Waals surface area contributed by atoms with E-state index in [2.05, 4.69) is 10.3 Å². The highest BCUT2D eigenvalue weighted by Gasteiger charge is 2.10. The molecule has 0 aromatic heterocycles. The van der Waals surface area contributed by atoms with Crippen LogP contribution < -0.4 is 5.17 Å². The van der Waals surface area contributed by atoms with E-state index in [-0.39, 0.29) is 0 Å². The van der Waals surface area contributed by atoms with Gasteiger partial charge in [-0.05, 0) is 11.3 Å². The summed E-state index contributed by atoms with van der Waals surface area (Å²) in [6, 6.07) is 7.47. The number of benzene rings is 1. The second-order valence-corrected chi connectivity index (χ2v) is 2.31. The first-order chi connectivity index (χ1) is 5.38. The van der Waals surface area contributed by atoms with Crippen LogP contribution in [0.15, 0.2) is 34.6 Å². The van der Waals surface area contributed by atoms with E-state index < -0.39 is 0 Å². The van der Waals surface area contributed by atoms with E-state index in [1.54, 1.807) is 6.07 Å². The number of nitrogens with zero attached hydrogens (tertiary/aromatic N) is 3. The summed E-state index contributed by atoms with van der Waals surface area (Å²) in [7, 11) is 0. The van der Waals surface area contributed by atoms with E-state index >= 15 is 0 Å². The number of rotatable bonds is 0. The molecule has 0 saturated heterocycles. The number of para-hydroxylation sites is 1. The summed E-state index contributed by atoms with van der Waals surface area (Å²) in [5.74, 6) is 0. The van der Waals surface area contributed by atoms with Crippen LogP contribution >= 0.6 is 0 Å². The molecule has 56 valence electrons. The summed E-state index contributed by atoms with van der Waals surface area (Å²) < 4.78 is 0. The Balaban J connectivity index is 2.50. The first-order valence-corrected chi connectivity index (χ1v) is 3.32. The molecule has 1 aromatic carbocycles. The second-order valence-electron chi connectivity index (χ2n) is 2.31. The minimum absolute atomic E-state index is 0.549. The van der Waals surface area contributed by atoms with Crippen molar-refractivity contribution in [2.24, 2.45) is 10.3 Å². The van der Waals surface area contributed by atoms with Crippen LogP contribution in [-0.4, -0.2) is 5.21 Å². The molecule has 0 unspecified atom stereocenters. The highest BCUT2D eigenvalue weighted by Crippen LogP contribution is 2.23. The molecule has 0 spiro atoms. The zero-order chi connectivity index (χ0) is 7.68. The SMILES string of the molecule is ON1N=NCc2ccccc21. The fourth-order valence-electron chi connectivity index (χ4n) is 1.06. The van der Waals surface area contributed by atoms with Gasteiger partial charge in [-0.15, -0.1) is 5.17 Å². The standard InChI is InChI=1S/C7H7N3O/c11-10-7-4-2-1-3-6(7)5-8-9-10/h1-4,11H,5H2. The van der Waals surface area contributed by atoms with Crippen LogP contribution in [0.1, 0.15) is 5.56 Å². The predicted molar refractivity (Wildman–Crippen MR) is 39.3 cm³/mol. The van der Waals surface area contributed by atoms with Gasteiger partial charge in [-0.2, -0.15) is 5.11 Å². The first kappa shape index (κ1) is 6.30. The lowest BCUT2D eigenvalue weighted by atomic mass is 10.2. The molecule has 0 aliphatic carbocycles. The van der Waals surface area contributed by atoms with Crippen LogP contribution in [0, 0.1) is 0 Å². The topological polar surface area (TPSA) is 48.2 Å². The van der Waals surface area contributed by atoms with Crippen molar-refractivity contribution in [3.05, 3.63) is 29.8 Å². The number of anilines is 1. The molecule has 0 atom stereocenters. The third-order valence-electron chi connectivity index (χ3n) is 1.60. The van der Waals surface area contributed by atoms with Crippen molar-refractivity contribution in [3.8, 4) is 0 Å². The van der Waals surface area contributed by atoms with Gasteiger partial charge in [0.05, 0.1) is 12.2 Å². The van der Waals surface area contributed by atoms with Crippen LogP contribution in [0.3, 0.4) is 0 Å². The van der Waals surface area contributed by atoms with Crippen molar-refractivity contribution in [1.29, 1.82) is 0 Å². The number of hydrogen-bond donors (Lipinski definition) is 1. The minimum Gasteiger partial charge on any atom is -0.266 e. The Morgan fingerprint density at radius 2 is 2.18 bits per heavy atom. The Labute approximate surface area is 63.7 Å². The molecule has 11 heavy (non-hydrogen) atoms. The molecular weight excluding hydrogens is 142 g/mol. The van der Waals surface area contributed by atoms with Crippen molar-refractivity contribution in [1.82, 2.24) is 0 Å². The summed E-state index contributed by atoms with van der Waals surface area (Å²) in [5, 5.41) is 17.1. The van der Waals surface area contributed by atoms with Crippen molar-refractivity contribution in [3.63, 3.8) is 0 Å². The van der Waals surface area contributed by atoms with E-state index in [0.29, 0.717) is 12.2 Å². The zero-order valence-electron chi connectivity index (χ0n) is 5.81. The van der Waals surface area contributed by atoms with Gasteiger partial charge >= 0.3 is 0 Å². The Bertz CT molecular complexity index is 297. The Hall–Kier alpha value is -1.42. The van der Waals surface area contributed by atoms with E-state index in [4.69, 9.17) is 5.21 Å². The lowest BCUT2D eigenvalue weighted by Crippen LogP contribution is -2.13. The van der Waals surface area contributed by atoms with Gasteiger partial charge in [0, 0.05) is 5.56 Å². The van der Waals surface area contributed by atoms with E-state index in [1.807, 2.05) is 18.2 Å². The van der Waals surface area contributed by atoms with Gasteiger partial charge in [0.1, 0.15) is 0 Å². The van der Waals surface area contributed by atoms with Crippen LogP contribution in [0.2, 0.25) is 0 Å². The summed E-state index contributed by atoms with van der Waals surface area (Å²) >= 11 is 0. The average Bonchev–Trinajstić information content (AvgIpc) is 2.06. The largest absolute Gasteiger partial charge is 0.266 e. The summed E-state index contributed by atoms with van der Waals surface area (Å²) in [4.78, 5) is 0. The maximum Gasteiger partial charge on any atom is 0.0968 e. The summed E-state index contributed by atoms with van der Waals surface area (Å²) in [6.07, 6.45) is 0. The number of hydrogen-bond acceptors (Lipinski definition) is 4. The molecule has 1 aromatic rings. The Morgan fingerprint density at radius 1 is 1.36 bits per heavy atom. The fourth-order valence-corrected chi connectivity index (χ4v) is 1.06. The van der Waals surface area contributed by atoms with Crippen LogP contribution in [0.25, 0.3) is 0 Å². The van der Waals surface area contributed by atoms with E-state index in [9.17, 15) is 0 Å². The van der Waals surface area contributed by atoms with Gasteiger partial charge in [-0.25, -0.2) is 0 Å². The van der Waals surface area contributed by atoms with Crippen LogP contribution in [0.5, 0.6) is 0 Å². The van der Waals surface area contributed by atoms with Gasteiger partial charge in [-0.3, -0.25) is 5.21 Å². The third kappa shape index (κ3) is 0.969. The second kappa shape index (κ2) is 2.32. The molecule has 1 aliphatic heterocycles. The van der Waals surface area contributed by atoms with E-state index in [1.165, 1.54) is 0 Å². The van der Waals surface area contributed by atoms with Crippen LogP contribution in [-0.2, 0) is 6.54 Å². The third-order valence-corrected chi connectivity index (χ3v) is 1.60. The van der Waals surface area contributed by atoms with Gasteiger partial charge in [0.15, 0.2) is 0 Å². The molecule has 1 heterocycles. The molecule has 1 aliphatic rings. The minimum atomic E-state index is 0.549. The highest BCUT2D eigenvalue weighted by atomic mass is 16.5. The van der Waals surface area contributed by atoms with Crippen molar-refractivity contribution < 1.29 is 5.21 Å². The lowest BCUT2D eigenvalue weighted by Gasteiger charge is -2.15. The predicted octanol–water partition coefficient (Wildman–Crippen LogP) is 1.76. The molecule has 1 N–H and O–H groups in total. The monoisotopic (exact) mass is 149 g/mol. The quantitative estimate of drug-likeness (QED) is 0.611. The highest BCUT2D eigenvalue weighted by molar-refractivity contribution is 5.51. The van der Waals surface area contributed by atoms with Crippen molar-refractivity contribution in [2.45, 2.75) is 6.54 Å². The van der Waals surface area contributed by atoms with Gasteiger partial charge in [0.25, 0.3) is 0 Å².